The van der Waals surface area contributed by atoms with Gasteiger partial charge in [-0.25, -0.2) is 0 Å². The van der Waals surface area contributed by atoms with E-state index in [1.165, 1.54) is 6.21 Å². The van der Waals surface area contributed by atoms with Crippen LogP contribution in [0.15, 0.2) is 71.8 Å². The Bertz CT molecular complexity index is 872. The van der Waals surface area contributed by atoms with Crippen LogP contribution in [-0.2, 0) is 0 Å². The highest BCUT2D eigenvalue weighted by molar-refractivity contribution is 7.80. The topological polar surface area (TPSA) is 56.7 Å². The Morgan fingerprint density at radius 2 is 1.70 bits per heavy atom. The Kier molecular flexibility index (Phi) is 4.49. The molecule has 114 valence electrons. The third-order valence-electron chi connectivity index (χ3n) is 3.34. The molecule has 23 heavy (non-hydrogen) atoms. The highest BCUT2D eigenvalue weighted by Gasteiger charge is 2.01. The molecule has 0 saturated carbocycles. The molecule has 3 rings (SSSR count). The Morgan fingerprint density at radius 1 is 0.957 bits per heavy atom. The average molecular weight is 321 g/mol. The highest BCUT2D eigenvalue weighted by Crippen LogP contribution is 2.22. The number of para-hydroxylation sites is 1. The second-order valence-electron chi connectivity index (χ2n) is 4.91. The zero-order valence-electron chi connectivity index (χ0n) is 12.2. The lowest BCUT2D eigenvalue weighted by Crippen LogP contribution is -2.23. The van der Waals surface area contributed by atoms with Crippen molar-refractivity contribution in [3.63, 3.8) is 0 Å². The minimum absolute atomic E-state index is 0.172. The van der Waals surface area contributed by atoms with Crippen molar-refractivity contribution < 1.29 is 5.11 Å². The molecule has 0 aromatic heterocycles. The molecule has 0 aliphatic carbocycles. The third-order valence-corrected chi connectivity index (χ3v) is 3.54. The number of rotatable bonds is 3. The van der Waals surface area contributed by atoms with E-state index >= 15 is 0 Å². The number of hydrogen-bond acceptors (Lipinski definition) is 3. The molecular weight excluding hydrogens is 306 g/mol. The van der Waals surface area contributed by atoms with Crippen LogP contribution in [0.1, 0.15) is 5.56 Å². The first kappa shape index (κ1) is 15.0. The van der Waals surface area contributed by atoms with Crippen molar-refractivity contribution in [1.82, 2.24) is 5.43 Å². The molecule has 0 atom stereocenters. The maximum Gasteiger partial charge on any atom is 0.191 e. The molecule has 0 spiro atoms. The van der Waals surface area contributed by atoms with E-state index in [0.717, 1.165) is 16.5 Å². The van der Waals surface area contributed by atoms with Crippen molar-refractivity contribution in [1.29, 1.82) is 0 Å². The predicted molar refractivity (Wildman–Crippen MR) is 99.0 cm³/mol. The molecule has 0 radical (unpaired) electrons. The van der Waals surface area contributed by atoms with Gasteiger partial charge < -0.3 is 10.4 Å². The number of fused-ring (bicyclic) bond motifs is 1. The lowest BCUT2D eigenvalue weighted by atomic mass is 10.1. The fourth-order valence-corrected chi connectivity index (χ4v) is 2.40. The van der Waals surface area contributed by atoms with Gasteiger partial charge in [-0.05, 0) is 35.8 Å². The molecule has 3 N–H and O–H groups in total. The summed E-state index contributed by atoms with van der Waals surface area (Å²) < 4.78 is 0. The quantitative estimate of drug-likeness (QED) is 0.389. The van der Waals surface area contributed by atoms with Gasteiger partial charge in [0.05, 0.1) is 6.21 Å². The predicted octanol–water partition coefficient (Wildman–Crippen LogP) is 3.87. The van der Waals surface area contributed by atoms with Crippen LogP contribution in [-0.4, -0.2) is 16.4 Å². The van der Waals surface area contributed by atoms with Gasteiger partial charge in [0.2, 0.25) is 0 Å². The number of nitrogens with zero attached hydrogens (tertiary/aromatic N) is 1. The van der Waals surface area contributed by atoms with Crippen molar-refractivity contribution in [3.05, 3.63) is 72.3 Å². The van der Waals surface area contributed by atoms with E-state index in [-0.39, 0.29) is 5.75 Å². The van der Waals surface area contributed by atoms with Gasteiger partial charge in [-0.3, -0.25) is 5.43 Å². The van der Waals surface area contributed by atoms with E-state index in [1.54, 1.807) is 18.2 Å². The molecule has 0 amide bonds. The Balaban J connectivity index is 1.69. The summed E-state index contributed by atoms with van der Waals surface area (Å²) in [6.07, 6.45) is 1.52. The molecule has 4 nitrogen and oxygen atoms in total. The van der Waals surface area contributed by atoms with Crippen LogP contribution >= 0.6 is 12.2 Å². The van der Waals surface area contributed by atoms with Crippen molar-refractivity contribution in [2.75, 3.05) is 5.32 Å². The smallest absolute Gasteiger partial charge is 0.191 e. The number of hydrazone groups is 1. The summed E-state index contributed by atoms with van der Waals surface area (Å²) >= 11 is 5.25. The molecule has 0 unspecified atom stereocenters. The van der Waals surface area contributed by atoms with E-state index in [2.05, 4.69) is 15.8 Å². The van der Waals surface area contributed by atoms with Crippen LogP contribution in [0.4, 0.5) is 5.69 Å². The van der Waals surface area contributed by atoms with Crippen LogP contribution in [0.2, 0.25) is 0 Å². The first-order valence-electron chi connectivity index (χ1n) is 7.10. The van der Waals surface area contributed by atoms with Crippen LogP contribution in [0.25, 0.3) is 10.8 Å². The van der Waals surface area contributed by atoms with Crippen molar-refractivity contribution in [3.8, 4) is 5.75 Å². The number of anilines is 1. The lowest BCUT2D eigenvalue weighted by Gasteiger charge is -2.10. The molecule has 0 aliphatic rings. The minimum Gasteiger partial charge on any atom is -0.507 e. The van der Waals surface area contributed by atoms with Crippen LogP contribution in [0.5, 0.6) is 5.75 Å². The Labute approximate surface area is 139 Å². The average Bonchev–Trinajstić information content (AvgIpc) is 2.57. The maximum atomic E-state index is 9.66. The van der Waals surface area contributed by atoms with Gasteiger partial charge in [-0.15, -0.1) is 0 Å². The maximum absolute atomic E-state index is 9.66. The molecule has 0 fully saturated rings. The number of nitrogens with one attached hydrogen (secondary N) is 2. The summed E-state index contributed by atoms with van der Waals surface area (Å²) in [5, 5.41) is 19.4. The number of benzene rings is 3. The van der Waals surface area contributed by atoms with Crippen molar-refractivity contribution in [2.24, 2.45) is 5.10 Å². The monoisotopic (exact) mass is 321 g/mol. The SMILES string of the molecule is Oc1ccccc1/C=N/NC(=S)Nc1cccc2ccccc12. The molecule has 5 heteroatoms. The van der Waals surface area contributed by atoms with Crippen molar-refractivity contribution >= 4 is 40.0 Å². The van der Waals surface area contributed by atoms with Gasteiger partial charge >= 0.3 is 0 Å². The van der Waals surface area contributed by atoms with E-state index in [1.807, 2.05) is 48.5 Å². The van der Waals surface area contributed by atoms with E-state index in [9.17, 15) is 5.11 Å². The second kappa shape index (κ2) is 6.89. The van der Waals surface area contributed by atoms with E-state index in [0.29, 0.717) is 10.7 Å². The van der Waals surface area contributed by atoms with Gasteiger partial charge in [0.1, 0.15) is 5.75 Å². The van der Waals surface area contributed by atoms with Gasteiger partial charge in [-0.2, -0.15) is 5.10 Å². The summed E-state index contributed by atoms with van der Waals surface area (Å²) in [4.78, 5) is 0. The van der Waals surface area contributed by atoms with Gasteiger partial charge in [-0.1, -0.05) is 48.5 Å². The first-order valence-corrected chi connectivity index (χ1v) is 7.51. The Morgan fingerprint density at radius 3 is 2.57 bits per heavy atom. The van der Waals surface area contributed by atoms with E-state index < -0.39 is 0 Å². The molecule has 0 saturated heterocycles. The standard InChI is InChI=1S/C18H15N3OS/c22-17-11-4-2-7-14(17)12-19-21-18(23)20-16-10-5-8-13-6-1-3-9-15(13)16/h1-12,22H,(H2,20,21,23)/b19-12+. The molecular formula is C18H15N3OS. The normalized spacial score (nSPS) is 10.8. The molecule has 0 bridgehead atoms. The summed E-state index contributed by atoms with van der Waals surface area (Å²) in [7, 11) is 0. The fraction of sp³-hybridized carbons (Fsp3) is 0. The molecule has 3 aromatic carbocycles. The minimum atomic E-state index is 0.172. The number of hydrogen-bond donors (Lipinski definition) is 3. The van der Waals surface area contributed by atoms with Crippen LogP contribution in [0, 0.1) is 0 Å². The molecule has 3 aromatic rings. The Hall–Kier alpha value is -2.92. The molecule has 0 aliphatic heterocycles. The van der Waals surface area contributed by atoms with Gasteiger partial charge in [0.15, 0.2) is 5.11 Å². The highest BCUT2D eigenvalue weighted by atomic mass is 32.1. The summed E-state index contributed by atoms with van der Waals surface area (Å²) in [6, 6.07) is 21.0. The summed E-state index contributed by atoms with van der Waals surface area (Å²) in [6.45, 7) is 0. The number of phenolic OH excluding ortho intramolecular Hbond substituents is 1. The van der Waals surface area contributed by atoms with Crippen LogP contribution < -0.4 is 10.7 Å². The summed E-state index contributed by atoms with van der Waals surface area (Å²) in [5.74, 6) is 0.172. The lowest BCUT2D eigenvalue weighted by molar-refractivity contribution is 0.474. The second-order valence-corrected chi connectivity index (χ2v) is 5.32. The first-order chi connectivity index (χ1) is 11.2. The zero-order valence-corrected chi connectivity index (χ0v) is 13.0. The van der Waals surface area contributed by atoms with Crippen molar-refractivity contribution in [2.45, 2.75) is 0 Å². The van der Waals surface area contributed by atoms with Crippen LogP contribution in [0.3, 0.4) is 0 Å². The number of phenols is 1. The van der Waals surface area contributed by atoms with E-state index in [4.69, 9.17) is 12.2 Å². The molecule has 0 heterocycles. The van der Waals surface area contributed by atoms with Gasteiger partial charge in [0.25, 0.3) is 0 Å². The van der Waals surface area contributed by atoms with Gasteiger partial charge in [0, 0.05) is 16.6 Å². The largest absolute Gasteiger partial charge is 0.507 e. The summed E-state index contributed by atoms with van der Waals surface area (Å²) in [5.41, 5.74) is 4.28. The number of aromatic hydroxyl groups is 1. The number of thiocarbonyl (C=S) groups is 1. The zero-order chi connectivity index (χ0) is 16.1. The third kappa shape index (κ3) is 3.64. The fourth-order valence-electron chi connectivity index (χ4n) is 2.24.